The van der Waals surface area contributed by atoms with Crippen molar-refractivity contribution in [2.24, 2.45) is 0 Å². The van der Waals surface area contributed by atoms with Crippen LogP contribution in [0.5, 0.6) is 0 Å². The predicted molar refractivity (Wildman–Crippen MR) is 67.6 cm³/mol. The maximum Gasteiger partial charge on any atom is 0.389 e. The highest BCUT2D eigenvalue weighted by atomic mass is 19.4. The lowest BCUT2D eigenvalue weighted by atomic mass is 10.0. The van der Waals surface area contributed by atoms with Crippen LogP contribution in [0.3, 0.4) is 0 Å². The van der Waals surface area contributed by atoms with Crippen molar-refractivity contribution in [3.8, 4) is 0 Å². The monoisotopic (exact) mass is 259 g/mol. The highest BCUT2D eigenvalue weighted by molar-refractivity contribution is 5.21. The molecule has 1 unspecified atom stereocenters. The van der Waals surface area contributed by atoms with E-state index in [-0.39, 0.29) is 12.5 Å². The molecule has 1 atom stereocenters. The number of rotatable bonds is 6. The molecular weight excluding hydrogens is 239 g/mol. The first-order chi connectivity index (χ1) is 8.40. The standard InChI is InChI=1S/C14H20F3N/c1-11-3-5-12(6-4-11)7-8-13(18-2)9-10-14(15,16)17/h3-6,13,18H,7-10H2,1-2H3. The third-order valence-corrected chi connectivity index (χ3v) is 3.09. The van der Waals surface area contributed by atoms with Gasteiger partial charge in [-0.3, -0.25) is 0 Å². The number of nitrogens with one attached hydrogen (secondary N) is 1. The third-order valence-electron chi connectivity index (χ3n) is 3.09. The van der Waals surface area contributed by atoms with E-state index in [1.165, 1.54) is 11.1 Å². The average Bonchev–Trinajstić information content (AvgIpc) is 2.30. The Morgan fingerprint density at radius 2 is 1.72 bits per heavy atom. The van der Waals surface area contributed by atoms with Gasteiger partial charge in [0.15, 0.2) is 0 Å². The molecule has 4 heteroatoms. The topological polar surface area (TPSA) is 12.0 Å². The summed E-state index contributed by atoms with van der Waals surface area (Å²) in [6, 6.07) is 8.05. The highest BCUT2D eigenvalue weighted by Gasteiger charge is 2.27. The Balaban J connectivity index is 2.37. The number of hydrogen-bond donors (Lipinski definition) is 1. The Hall–Kier alpha value is -1.03. The first-order valence-electron chi connectivity index (χ1n) is 6.20. The molecule has 0 amide bonds. The van der Waals surface area contributed by atoms with Gasteiger partial charge in [0.1, 0.15) is 0 Å². The van der Waals surface area contributed by atoms with Gasteiger partial charge in [-0.25, -0.2) is 0 Å². The Bertz CT molecular complexity index is 343. The molecule has 0 radical (unpaired) electrons. The summed E-state index contributed by atoms with van der Waals surface area (Å²) in [4.78, 5) is 0. The lowest BCUT2D eigenvalue weighted by Gasteiger charge is -2.17. The lowest BCUT2D eigenvalue weighted by molar-refractivity contribution is -0.136. The van der Waals surface area contributed by atoms with E-state index in [4.69, 9.17) is 0 Å². The fraction of sp³-hybridized carbons (Fsp3) is 0.571. The summed E-state index contributed by atoms with van der Waals surface area (Å²) in [6.45, 7) is 2.02. The maximum absolute atomic E-state index is 12.1. The quantitative estimate of drug-likeness (QED) is 0.818. The molecule has 102 valence electrons. The zero-order valence-corrected chi connectivity index (χ0v) is 10.8. The molecule has 0 aliphatic heterocycles. The molecular formula is C14H20F3N. The van der Waals surface area contributed by atoms with Gasteiger partial charge in [0.25, 0.3) is 0 Å². The van der Waals surface area contributed by atoms with Crippen LogP contribution in [0.4, 0.5) is 13.2 Å². The largest absolute Gasteiger partial charge is 0.389 e. The van der Waals surface area contributed by atoms with E-state index < -0.39 is 12.6 Å². The SMILES string of the molecule is CNC(CCc1ccc(C)cc1)CCC(F)(F)F. The Labute approximate surface area is 106 Å². The van der Waals surface area contributed by atoms with Crippen LogP contribution in [0.15, 0.2) is 24.3 Å². The first-order valence-corrected chi connectivity index (χ1v) is 6.20. The van der Waals surface area contributed by atoms with Gasteiger partial charge in [-0.2, -0.15) is 13.2 Å². The molecule has 1 aromatic carbocycles. The molecule has 1 nitrogen and oxygen atoms in total. The van der Waals surface area contributed by atoms with Crippen molar-refractivity contribution in [3.63, 3.8) is 0 Å². The van der Waals surface area contributed by atoms with E-state index in [9.17, 15) is 13.2 Å². The molecule has 1 N–H and O–H groups in total. The number of alkyl halides is 3. The van der Waals surface area contributed by atoms with Crippen molar-refractivity contribution in [2.75, 3.05) is 7.05 Å². The summed E-state index contributed by atoms with van der Waals surface area (Å²) in [5.41, 5.74) is 2.37. The summed E-state index contributed by atoms with van der Waals surface area (Å²) in [7, 11) is 1.72. The van der Waals surface area contributed by atoms with E-state index in [0.717, 1.165) is 12.8 Å². The van der Waals surface area contributed by atoms with Gasteiger partial charge in [-0.05, 0) is 38.8 Å². The minimum absolute atomic E-state index is 0.0760. The van der Waals surface area contributed by atoms with Gasteiger partial charge in [-0.1, -0.05) is 29.8 Å². The lowest BCUT2D eigenvalue weighted by Crippen LogP contribution is -2.27. The van der Waals surface area contributed by atoms with E-state index >= 15 is 0 Å². The molecule has 1 rings (SSSR count). The van der Waals surface area contributed by atoms with Gasteiger partial charge < -0.3 is 5.32 Å². The molecule has 0 bridgehead atoms. The number of hydrogen-bond acceptors (Lipinski definition) is 1. The second-order valence-electron chi connectivity index (χ2n) is 4.66. The molecule has 1 aromatic rings. The van der Waals surface area contributed by atoms with Crippen LogP contribution < -0.4 is 5.32 Å². The second kappa shape index (κ2) is 6.78. The minimum Gasteiger partial charge on any atom is -0.317 e. The van der Waals surface area contributed by atoms with Crippen molar-refractivity contribution in [1.29, 1.82) is 0 Å². The fourth-order valence-corrected chi connectivity index (χ4v) is 1.87. The van der Waals surface area contributed by atoms with Gasteiger partial charge in [0.05, 0.1) is 0 Å². The molecule has 0 spiro atoms. The summed E-state index contributed by atoms with van der Waals surface area (Å²) in [5, 5.41) is 2.96. The Morgan fingerprint density at radius 1 is 1.11 bits per heavy atom. The van der Waals surface area contributed by atoms with Crippen molar-refractivity contribution < 1.29 is 13.2 Å². The Kier molecular flexibility index (Phi) is 5.66. The van der Waals surface area contributed by atoms with Crippen LogP contribution in [0.25, 0.3) is 0 Å². The second-order valence-corrected chi connectivity index (χ2v) is 4.66. The zero-order chi connectivity index (χ0) is 13.6. The van der Waals surface area contributed by atoms with Gasteiger partial charge in [0.2, 0.25) is 0 Å². The fourth-order valence-electron chi connectivity index (χ4n) is 1.87. The van der Waals surface area contributed by atoms with Crippen molar-refractivity contribution in [1.82, 2.24) is 5.32 Å². The van der Waals surface area contributed by atoms with Crippen LogP contribution in [0, 0.1) is 6.92 Å². The van der Waals surface area contributed by atoms with Crippen molar-refractivity contribution in [3.05, 3.63) is 35.4 Å². The molecule has 0 saturated heterocycles. The normalized spacial score (nSPS) is 13.6. The van der Waals surface area contributed by atoms with Gasteiger partial charge in [-0.15, -0.1) is 0 Å². The van der Waals surface area contributed by atoms with Crippen molar-refractivity contribution >= 4 is 0 Å². The molecule has 0 aromatic heterocycles. The number of benzene rings is 1. The number of aryl methyl sites for hydroxylation is 2. The van der Waals surface area contributed by atoms with Crippen LogP contribution in [-0.4, -0.2) is 19.3 Å². The van der Waals surface area contributed by atoms with Crippen LogP contribution in [0.2, 0.25) is 0 Å². The Morgan fingerprint density at radius 3 is 2.22 bits per heavy atom. The maximum atomic E-state index is 12.1. The van der Waals surface area contributed by atoms with Gasteiger partial charge >= 0.3 is 6.18 Å². The minimum atomic E-state index is -4.06. The zero-order valence-electron chi connectivity index (χ0n) is 10.8. The highest BCUT2D eigenvalue weighted by Crippen LogP contribution is 2.23. The summed E-state index contributed by atoms with van der Waals surface area (Å²) in [6.07, 6.45) is -3.09. The van der Waals surface area contributed by atoms with E-state index in [0.29, 0.717) is 0 Å². The smallest absolute Gasteiger partial charge is 0.317 e. The summed E-state index contributed by atoms with van der Waals surface area (Å²) < 4.78 is 36.4. The van der Waals surface area contributed by atoms with Crippen LogP contribution in [0.1, 0.15) is 30.4 Å². The molecule has 0 heterocycles. The van der Waals surface area contributed by atoms with Crippen LogP contribution in [-0.2, 0) is 6.42 Å². The van der Waals surface area contributed by atoms with Gasteiger partial charge in [0, 0.05) is 12.5 Å². The van der Waals surface area contributed by atoms with E-state index in [1.807, 2.05) is 31.2 Å². The number of halogens is 3. The molecule has 0 aliphatic rings. The first kappa shape index (κ1) is 15.0. The predicted octanol–water partition coefficient (Wildman–Crippen LogP) is 3.86. The van der Waals surface area contributed by atoms with Crippen molar-refractivity contribution in [2.45, 2.75) is 44.8 Å². The third kappa shape index (κ3) is 6.05. The average molecular weight is 259 g/mol. The van der Waals surface area contributed by atoms with Crippen LogP contribution >= 0.6 is 0 Å². The summed E-state index contributed by atoms with van der Waals surface area (Å²) >= 11 is 0. The molecule has 0 aliphatic carbocycles. The molecule has 0 fully saturated rings. The summed E-state index contributed by atoms with van der Waals surface area (Å²) in [5.74, 6) is 0. The molecule has 18 heavy (non-hydrogen) atoms. The van der Waals surface area contributed by atoms with E-state index in [1.54, 1.807) is 7.05 Å². The molecule has 0 saturated carbocycles. The van der Waals surface area contributed by atoms with E-state index in [2.05, 4.69) is 5.32 Å².